The highest BCUT2D eigenvalue weighted by Gasteiger charge is 2.36. The lowest BCUT2D eigenvalue weighted by Crippen LogP contribution is -2.11. The number of nitrogens with zero attached hydrogens (tertiary/aromatic N) is 2. The quantitative estimate of drug-likeness (QED) is 0.749. The van der Waals surface area contributed by atoms with Crippen LogP contribution in [0.3, 0.4) is 0 Å². The third-order valence-corrected chi connectivity index (χ3v) is 1.96. The van der Waals surface area contributed by atoms with Crippen LogP contribution in [0.5, 0.6) is 0 Å². The lowest BCUT2D eigenvalue weighted by Gasteiger charge is -2.05. The number of carbonyl (C=O) groups is 1. The number of halogens is 3. The molecule has 0 aliphatic rings. The summed E-state index contributed by atoms with van der Waals surface area (Å²) < 4.78 is 38.8. The van der Waals surface area contributed by atoms with E-state index in [2.05, 4.69) is 5.10 Å². The summed E-state index contributed by atoms with van der Waals surface area (Å²) in [6.45, 7) is 4.17. The van der Waals surface area contributed by atoms with E-state index in [0.29, 0.717) is 12.8 Å². The zero-order valence-corrected chi connectivity index (χ0v) is 9.08. The van der Waals surface area contributed by atoms with Gasteiger partial charge in [0.05, 0.1) is 0 Å². The van der Waals surface area contributed by atoms with Gasteiger partial charge in [-0.2, -0.15) is 18.3 Å². The topological polar surface area (TPSA) is 34.9 Å². The molecule has 0 N–H and O–H groups in total. The second kappa shape index (κ2) is 4.67. The van der Waals surface area contributed by atoms with Crippen molar-refractivity contribution >= 4 is 6.29 Å². The lowest BCUT2D eigenvalue weighted by molar-refractivity contribution is -0.142. The SMILES string of the molecule is CC(C)Cn1cc(CC=O)c(C(F)(F)F)n1. The lowest BCUT2D eigenvalue weighted by atomic mass is 10.2. The maximum absolute atomic E-state index is 12.5. The number of alkyl halides is 3. The molecule has 0 spiro atoms. The van der Waals surface area contributed by atoms with Gasteiger partial charge in [-0.1, -0.05) is 13.8 Å². The summed E-state index contributed by atoms with van der Waals surface area (Å²) in [5, 5.41) is 3.47. The molecule has 90 valence electrons. The number of aromatic nitrogens is 2. The van der Waals surface area contributed by atoms with Gasteiger partial charge in [0, 0.05) is 24.7 Å². The molecule has 0 radical (unpaired) electrons. The Hall–Kier alpha value is -1.33. The van der Waals surface area contributed by atoms with Crippen molar-refractivity contribution in [1.82, 2.24) is 9.78 Å². The molecule has 6 heteroatoms. The Morgan fingerprint density at radius 1 is 1.50 bits per heavy atom. The number of carbonyl (C=O) groups excluding carboxylic acids is 1. The van der Waals surface area contributed by atoms with Crippen molar-refractivity contribution < 1.29 is 18.0 Å². The van der Waals surface area contributed by atoms with Crippen LogP contribution in [-0.4, -0.2) is 16.1 Å². The average Bonchev–Trinajstić information content (AvgIpc) is 2.46. The molecule has 0 saturated heterocycles. The van der Waals surface area contributed by atoms with Crippen LogP contribution >= 0.6 is 0 Å². The standard InChI is InChI=1S/C10H13F3N2O/c1-7(2)5-15-6-8(3-4-16)9(14-15)10(11,12)13/h4,6-7H,3,5H2,1-2H3. The Balaban J connectivity index is 3.05. The molecule has 0 aliphatic heterocycles. The maximum Gasteiger partial charge on any atom is 0.435 e. The molecule has 3 nitrogen and oxygen atoms in total. The van der Waals surface area contributed by atoms with Crippen molar-refractivity contribution in [3.63, 3.8) is 0 Å². The van der Waals surface area contributed by atoms with Gasteiger partial charge in [0.1, 0.15) is 6.29 Å². The van der Waals surface area contributed by atoms with Crippen molar-refractivity contribution in [2.75, 3.05) is 0 Å². The Labute approximate surface area is 91.3 Å². The summed E-state index contributed by atoms with van der Waals surface area (Å²) in [5.41, 5.74) is -1.02. The molecule has 1 heterocycles. The van der Waals surface area contributed by atoms with Crippen LogP contribution in [0.1, 0.15) is 25.1 Å². The van der Waals surface area contributed by atoms with E-state index in [1.807, 2.05) is 13.8 Å². The summed E-state index contributed by atoms with van der Waals surface area (Å²) in [5.74, 6) is 0.199. The van der Waals surface area contributed by atoms with Gasteiger partial charge in [0.25, 0.3) is 0 Å². The minimum absolute atomic E-state index is 0.0665. The summed E-state index contributed by atoms with van der Waals surface area (Å²) >= 11 is 0. The Kier molecular flexibility index (Phi) is 3.72. The Morgan fingerprint density at radius 2 is 2.12 bits per heavy atom. The maximum atomic E-state index is 12.5. The van der Waals surface area contributed by atoms with Crippen LogP contribution in [0.2, 0.25) is 0 Å². The molecule has 0 bridgehead atoms. The highest BCUT2D eigenvalue weighted by atomic mass is 19.4. The fraction of sp³-hybridized carbons (Fsp3) is 0.600. The highest BCUT2D eigenvalue weighted by molar-refractivity contribution is 5.55. The van der Waals surface area contributed by atoms with Crippen LogP contribution in [0.25, 0.3) is 0 Å². The van der Waals surface area contributed by atoms with Crippen molar-refractivity contribution in [2.24, 2.45) is 5.92 Å². The second-order valence-corrected chi connectivity index (χ2v) is 3.99. The van der Waals surface area contributed by atoms with Gasteiger partial charge in [-0.15, -0.1) is 0 Å². The number of hydrogen-bond acceptors (Lipinski definition) is 2. The van der Waals surface area contributed by atoms with Crippen LogP contribution in [0, 0.1) is 5.92 Å². The molecule has 0 aliphatic carbocycles. The van der Waals surface area contributed by atoms with Gasteiger partial charge in [-0.05, 0) is 5.92 Å². The average molecular weight is 234 g/mol. The minimum Gasteiger partial charge on any atom is -0.303 e. The minimum atomic E-state index is -4.50. The predicted octanol–water partition coefficient (Wildman–Crippen LogP) is 2.30. The summed E-state index contributed by atoms with van der Waals surface area (Å²) in [4.78, 5) is 10.3. The van der Waals surface area contributed by atoms with Crippen molar-refractivity contribution in [2.45, 2.75) is 33.0 Å². The van der Waals surface area contributed by atoms with E-state index in [9.17, 15) is 18.0 Å². The van der Waals surface area contributed by atoms with Crippen LogP contribution < -0.4 is 0 Å². The highest BCUT2D eigenvalue weighted by Crippen LogP contribution is 2.30. The molecule has 1 rings (SSSR count). The molecule has 0 aromatic carbocycles. The largest absolute Gasteiger partial charge is 0.435 e. The summed E-state index contributed by atoms with van der Waals surface area (Å²) in [6, 6.07) is 0. The van der Waals surface area contributed by atoms with Crippen molar-refractivity contribution in [3.8, 4) is 0 Å². The van der Waals surface area contributed by atoms with E-state index in [0.717, 1.165) is 0 Å². The van der Waals surface area contributed by atoms with Crippen LogP contribution in [0.4, 0.5) is 13.2 Å². The molecule has 0 atom stereocenters. The number of hydrogen-bond donors (Lipinski definition) is 0. The molecule has 16 heavy (non-hydrogen) atoms. The van der Waals surface area contributed by atoms with E-state index in [1.54, 1.807) is 0 Å². The third-order valence-electron chi connectivity index (χ3n) is 1.96. The van der Waals surface area contributed by atoms with E-state index >= 15 is 0 Å². The zero-order chi connectivity index (χ0) is 12.3. The van der Waals surface area contributed by atoms with E-state index in [-0.39, 0.29) is 17.9 Å². The van der Waals surface area contributed by atoms with Gasteiger partial charge in [-0.25, -0.2) is 0 Å². The first-order valence-electron chi connectivity index (χ1n) is 4.91. The van der Waals surface area contributed by atoms with Crippen molar-refractivity contribution in [3.05, 3.63) is 17.5 Å². The fourth-order valence-corrected chi connectivity index (χ4v) is 1.41. The molecule has 0 saturated carbocycles. The number of rotatable bonds is 4. The third kappa shape index (κ3) is 3.08. The van der Waals surface area contributed by atoms with E-state index < -0.39 is 11.9 Å². The molecule has 0 unspecified atom stereocenters. The smallest absolute Gasteiger partial charge is 0.303 e. The Morgan fingerprint density at radius 3 is 2.56 bits per heavy atom. The van der Waals surface area contributed by atoms with Gasteiger partial charge < -0.3 is 4.79 Å². The van der Waals surface area contributed by atoms with Gasteiger partial charge in [0.2, 0.25) is 0 Å². The summed E-state index contributed by atoms with van der Waals surface area (Å²) in [7, 11) is 0. The van der Waals surface area contributed by atoms with Gasteiger partial charge >= 0.3 is 6.18 Å². The predicted molar refractivity (Wildman–Crippen MR) is 51.8 cm³/mol. The van der Waals surface area contributed by atoms with E-state index in [1.165, 1.54) is 10.9 Å². The van der Waals surface area contributed by atoms with Gasteiger partial charge in [-0.3, -0.25) is 4.68 Å². The van der Waals surface area contributed by atoms with Crippen LogP contribution in [-0.2, 0) is 23.9 Å². The van der Waals surface area contributed by atoms with E-state index in [4.69, 9.17) is 0 Å². The fourth-order valence-electron chi connectivity index (χ4n) is 1.41. The number of aldehydes is 1. The van der Waals surface area contributed by atoms with Crippen molar-refractivity contribution in [1.29, 1.82) is 0 Å². The first-order chi connectivity index (χ1) is 7.34. The monoisotopic (exact) mass is 234 g/mol. The molecular weight excluding hydrogens is 221 g/mol. The normalized spacial score (nSPS) is 12.1. The van der Waals surface area contributed by atoms with Gasteiger partial charge in [0.15, 0.2) is 5.69 Å². The first-order valence-corrected chi connectivity index (χ1v) is 4.91. The molecular formula is C10H13F3N2O. The summed E-state index contributed by atoms with van der Waals surface area (Å²) in [6.07, 6.45) is -3.02. The zero-order valence-electron chi connectivity index (χ0n) is 9.08. The van der Waals surface area contributed by atoms with Crippen LogP contribution in [0.15, 0.2) is 6.20 Å². The molecule has 0 amide bonds. The molecule has 1 aromatic rings. The first kappa shape index (κ1) is 12.7. The molecule has 0 fully saturated rings. The Bertz CT molecular complexity index is 369. The second-order valence-electron chi connectivity index (χ2n) is 3.99. The molecule has 1 aromatic heterocycles.